The molecule has 22 heavy (non-hydrogen) atoms. The van der Waals surface area contributed by atoms with Crippen LogP contribution in [-0.2, 0) is 4.79 Å². The van der Waals surface area contributed by atoms with Crippen LogP contribution >= 0.6 is 0 Å². The number of carboxylic acid groups (broad SMARTS) is 1. The normalized spacial score (nSPS) is 10.5. The first kappa shape index (κ1) is 15.0. The van der Waals surface area contributed by atoms with E-state index in [2.05, 4.69) is 15.0 Å². The number of aromatic carboxylic acids is 1. The van der Waals surface area contributed by atoms with E-state index in [1.807, 2.05) is 0 Å². The Kier molecular flexibility index (Phi) is 4.33. The van der Waals surface area contributed by atoms with Gasteiger partial charge in [-0.2, -0.15) is 10.2 Å². The van der Waals surface area contributed by atoms with Crippen LogP contribution in [-0.4, -0.2) is 27.8 Å². The summed E-state index contributed by atoms with van der Waals surface area (Å²) < 4.78 is 4.55. The van der Waals surface area contributed by atoms with Crippen molar-refractivity contribution >= 4 is 23.8 Å². The van der Waals surface area contributed by atoms with Gasteiger partial charge in [0.25, 0.3) is 6.47 Å². The number of ether oxygens (including phenoxy) is 1. The van der Waals surface area contributed by atoms with Gasteiger partial charge >= 0.3 is 5.97 Å². The van der Waals surface area contributed by atoms with Crippen molar-refractivity contribution in [1.29, 1.82) is 0 Å². The van der Waals surface area contributed by atoms with Crippen molar-refractivity contribution in [3.8, 4) is 17.2 Å². The smallest absolute Gasteiger partial charge is 0.339 e. The summed E-state index contributed by atoms with van der Waals surface area (Å²) in [6.07, 6.45) is 0. The average Bonchev–Trinajstić information content (AvgIpc) is 2.49. The Labute approximate surface area is 123 Å². The first-order chi connectivity index (χ1) is 10.5. The molecule has 0 atom stereocenters. The molecule has 8 nitrogen and oxygen atoms in total. The highest BCUT2D eigenvalue weighted by Crippen LogP contribution is 2.31. The lowest BCUT2D eigenvalue weighted by atomic mass is 10.2. The number of azo groups is 1. The van der Waals surface area contributed by atoms with E-state index < -0.39 is 5.97 Å². The van der Waals surface area contributed by atoms with Gasteiger partial charge in [0, 0.05) is 6.07 Å². The fourth-order valence-corrected chi connectivity index (χ4v) is 1.58. The van der Waals surface area contributed by atoms with Crippen molar-refractivity contribution in [1.82, 2.24) is 0 Å². The molecule has 8 heteroatoms. The Hall–Kier alpha value is -3.42. The van der Waals surface area contributed by atoms with Crippen LogP contribution in [0.5, 0.6) is 17.2 Å². The molecule has 112 valence electrons. The van der Waals surface area contributed by atoms with Crippen LogP contribution in [0.15, 0.2) is 46.6 Å². The zero-order valence-electron chi connectivity index (χ0n) is 11.0. The summed E-state index contributed by atoms with van der Waals surface area (Å²) in [7, 11) is 0. The van der Waals surface area contributed by atoms with Crippen molar-refractivity contribution in [3.05, 3.63) is 42.0 Å². The van der Waals surface area contributed by atoms with Crippen molar-refractivity contribution in [2.75, 3.05) is 0 Å². The zero-order valence-corrected chi connectivity index (χ0v) is 11.0. The maximum Gasteiger partial charge on any atom is 0.339 e. The number of phenols is 2. The van der Waals surface area contributed by atoms with E-state index in [-0.39, 0.29) is 40.7 Å². The summed E-state index contributed by atoms with van der Waals surface area (Å²) in [5, 5.41) is 35.4. The molecule has 0 aliphatic heterocycles. The van der Waals surface area contributed by atoms with Gasteiger partial charge in [0.2, 0.25) is 0 Å². The Morgan fingerprint density at radius 3 is 2.18 bits per heavy atom. The Morgan fingerprint density at radius 1 is 1.00 bits per heavy atom. The van der Waals surface area contributed by atoms with Gasteiger partial charge in [-0.05, 0) is 30.3 Å². The van der Waals surface area contributed by atoms with Gasteiger partial charge < -0.3 is 20.1 Å². The molecule has 0 aliphatic rings. The fraction of sp³-hybridized carbons (Fsp3) is 0. The minimum absolute atomic E-state index is 0.0802. The molecule has 2 rings (SSSR count). The molecule has 2 aromatic carbocycles. The van der Waals surface area contributed by atoms with Crippen LogP contribution in [0.3, 0.4) is 0 Å². The monoisotopic (exact) mass is 302 g/mol. The summed E-state index contributed by atoms with van der Waals surface area (Å²) in [4.78, 5) is 21.2. The van der Waals surface area contributed by atoms with Crippen molar-refractivity contribution in [2.24, 2.45) is 10.2 Å². The largest absolute Gasteiger partial charge is 0.507 e. The molecule has 0 spiro atoms. The third-order valence-electron chi connectivity index (χ3n) is 2.61. The predicted octanol–water partition coefficient (Wildman–Crippen LogP) is 2.75. The molecule has 0 aliphatic carbocycles. The van der Waals surface area contributed by atoms with Crippen LogP contribution < -0.4 is 4.74 Å². The first-order valence-electron chi connectivity index (χ1n) is 5.92. The molecule has 0 radical (unpaired) electrons. The van der Waals surface area contributed by atoms with Crippen molar-refractivity contribution in [2.45, 2.75) is 0 Å². The third kappa shape index (κ3) is 3.37. The van der Waals surface area contributed by atoms with Crippen molar-refractivity contribution in [3.63, 3.8) is 0 Å². The van der Waals surface area contributed by atoms with Gasteiger partial charge in [-0.3, -0.25) is 4.79 Å². The lowest BCUT2D eigenvalue weighted by Gasteiger charge is -2.02. The van der Waals surface area contributed by atoms with E-state index in [4.69, 9.17) is 5.11 Å². The summed E-state index contributed by atoms with van der Waals surface area (Å²) >= 11 is 0. The summed E-state index contributed by atoms with van der Waals surface area (Å²) in [6, 6.07) is 7.71. The number of rotatable bonds is 5. The zero-order chi connectivity index (χ0) is 16.1. The topological polar surface area (TPSA) is 129 Å². The second-order valence-electron chi connectivity index (χ2n) is 4.07. The summed E-state index contributed by atoms with van der Waals surface area (Å²) in [6.45, 7) is 0.162. The molecule has 2 aromatic rings. The molecule has 0 fully saturated rings. The highest BCUT2D eigenvalue weighted by atomic mass is 16.5. The SMILES string of the molecule is O=COc1cc(N=Nc2ccc(O)c(C(=O)O)c2)ccc1O. The highest BCUT2D eigenvalue weighted by Gasteiger charge is 2.10. The molecule has 0 saturated heterocycles. The molecule has 0 bridgehead atoms. The van der Waals surface area contributed by atoms with E-state index in [1.165, 1.54) is 30.3 Å². The van der Waals surface area contributed by atoms with E-state index in [1.54, 1.807) is 0 Å². The quantitative estimate of drug-likeness (QED) is 0.575. The summed E-state index contributed by atoms with van der Waals surface area (Å²) in [5.41, 5.74) is 0.188. The van der Waals surface area contributed by atoms with Gasteiger partial charge in [-0.1, -0.05) is 0 Å². The number of carboxylic acids is 1. The first-order valence-corrected chi connectivity index (χ1v) is 5.92. The Morgan fingerprint density at radius 2 is 1.59 bits per heavy atom. The molecule has 0 saturated carbocycles. The highest BCUT2D eigenvalue weighted by molar-refractivity contribution is 5.91. The maximum atomic E-state index is 10.9. The van der Waals surface area contributed by atoms with Crippen LogP contribution in [0.4, 0.5) is 11.4 Å². The second kappa shape index (κ2) is 6.35. The number of phenolic OH excluding ortho intramolecular Hbond substituents is 1. The Balaban J connectivity index is 2.29. The van der Waals surface area contributed by atoms with E-state index in [0.29, 0.717) is 0 Å². The number of hydrogen-bond donors (Lipinski definition) is 3. The number of carbonyl (C=O) groups excluding carboxylic acids is 1. The van der Waals surface area contributed by atoms with Gasteiger partial charge in [0.05, 0.1) is 11.4 Å². The molecule has 0 heterocycles. The average molecular weight is 302 g/mol. The van der Waals surface area contributed by atoms with Crippen LogP contribution in [0.1, 0.15) is 10.4 Å². The summed E-state index contributed by atoms with van der Waals surface area (Å²) in [5.74, 6) is -1.98. The lowest BCUT2D eigenvalue weighted by molar-refractivity contribution is -0.120. The molecular weight excluding hydrogens is 292 g/mol. The maximum absolute atomic E-state index is 10.9. The molecule has 0 unspecified atom stereocenters. The Bertz CT molecular complexity index is 757. The van der Waals surface area contributed by atoms with Gasteiger partial charge in [-0.25, -0.2) is 4.79 Å². The van der Waals surface area contributed by atoms with Gasteiger partial charge in [0.1, 0.15) is 11.3 Å². The third-order valence-corrected chi connectivity index (χ3v) is 2.61. The van der Waals surface area contributed by atoms with Crippen molar-refractivity contribution < 1.29 is 29.6 Å². The second-order valence-corrected chi connectivity index (χ2v) is 4.07. The van der Waals surface area contributed by atoms with Gasteiger partial charge in [-0.15, -0.1) is 0 Å². The van der Waals surface area contributed by atoms with Crippen LogP contribution in [0.2, 0.25) is 0 Å². The number of nitrogens with zero attached hydrogens (tertiary/aromatic N) is 2. The van der Waals surface area contributed by atoms with E-state index >= 15 is 0 Å². The van der Waals surface area contributed by atoms with Gasteiger partial charge in [0.15, 0.2) is 11.5 Å². The van der Waals surface area contributed by atoms with E-state index in [9.17, 15) is 19.8 Å². The number of aromatic hydroxyl groups is 2. The standard InChI is InChI=1S/C14H10N2O6/c17-7-22-13-6-9(2-4-12(13)19)16-15-8-1-3-11(18)10(5-8)14(20)21/h1-7,18-19H,(H,20,21). The minimum Gasteiger partial charge on any atom is -0.507 e. The molecule has 0 amide bonds. The number of hydrogen-bond acceptors (Lipinski definition) is 7. The predicted molar refractivity (Wildman–Crippen MR) is 74.0 cm³/mol. The molecule has 0 aromatic heterocycles. The number of benzene rings is 2. The van der Waals surface area contributed by atoms with E-state index in [0.717, 1.165) is 6.07 Å². The molecule has 3 N–H and O–H groups in total. The van der Waals surface area contributed by atoms with Crippen LogP contribution in [0.25, 0.3) is 0 Å². The number of carbonyl (C=O) groups is 2. The minimum atomic E-state index is -1.29. The molecular formula is C14H10N2O6. The lowest BCUT2D eigenvalue weighted by Crippen LogP contribution is -1.95. The van der Waals surface area contributed by atoms with Crippen LogP contribution in [0, 0.1) is 0 Å². The fourth-order valence-electron chi connectivity index (χ4n) is 1.58.